The molecule has 116 valence electrons. The summed E-state index contributed by atoms with van der Waals surface area (Å²) in [5.41, 5.74) is 1.13. The predicted octanol–water partition coefficient (Wildman–Crippen LogP) is 2.21. The topological polar surface area (TPSA) is 48.5 Å². The molecule has 2 heterocycles. The highest BCUT2D eigenvalue weighted by molar-refractivity contribution is 5.89. The zero-order chi connectivity index (χ0) is 15.2. The first-order valence-electron chi connectivity index (χ1n) is 7.81. The monoisotopic (exact) mass is 290 g/mol. The van der Waals surface area contributed by atoms with E-state index >= 15 is 0 Å². The minimum Gasteiger partial charge on any atom is -0.368 e. The highest BCUT2D eigenvalue weighted by atomic mass is 16.1. The number of amides is 1. The number of hydrogen-bond acceptors (Lipinski definition) is 4. The van der Waals surface area contributed by atoms with Gasteiger partial charge >= 0.3 is 0 Å². The number of anilines is 2. The van der Waals surface area contributed by atoms with Gasteiger partial charge in [0.25, 0.3) is 0 Å². The van der Waals surface area contributed by atoms with Gasteiger partial charge in [0.05, 0.1) is 11.9 Å². The van der Waals surface area contributed by atoms with E-state index in [9.17, 15) is 4.79 Å². The van der Waals surface area contributed by atoms with E-state index in [1.54, 1.807) is 0 Å². The van der Waals surface area contributed by atoms with Crippen LogP contribution >= 0.6 is 0 Å². The number of rotatable bonds is 5. The molecule has 2 rings (SSSR count). The Morgan fingerprint density at radius 2 is 2.00 bits per heavy atom. The quantitative estimate of drug-likeness (QED) is 0.903. The van der Waals surface area contributed by atoms with E-state index in [1.807, 2.05) is 32.2 Å². The van der Waals surface area contributed by atoms with Crippen molar-refractivity contribution in [1.82, 2.24) is 9.88 Å². The molecule has 5 heteroatoms. The Labute approximate surface area is 127 Å². The molecule has 1 aliphatic heterocycles. The molecule has 1 aliphatic rings. The molecule has 0 aromatic carbocycles. The highest BCUT2D eigenvalue weighted by Gasteiger charge is 2.16. The van der Waals surface area contributed by atoms with E-state index in [0.717, 1.165) is 38.4 Å². The summed E-state index contributed by atoms with van der Waals surface area (Å²) >= 11 is 0. The lowest BCUT2D eigenvalue weighted by atomic mass is 10.1. The number of carbonyl (C=O) groups excluding carboxylic acids is 1. The molecule has 1 N–H and O–H groups in total. The predicted molar refractivity (Wildman–Crippen MR) is 86.6 cm³/mol. The van der Waals surface area contributed by atoms with E-state index < -0.39 is 0 Å². The highest BCUT2D eigenvalue weighted by Crippen LogP contribution is 2.17. The maximum atomic E-state index is 11.7. The van der Waals surface area contributed by atoms with Crippen LogP contribution < -0.4 is 10.2 Å². The van der Waals surface area contributed by atoms with Crippen LogP contribution in [0.25, 0.3) is 0 Å². The summed E-state index contributed by atoms with van der Waals surface area (Å²) in [6, 6.07) is 3.93. The first-order valence-corrected chi connectivity index (χ1v) is 7.81. The maximum Gasteiger partial charge on any atom is 0.225 e. The van der Waals surface area contributed by atoms with Crippen LogP contribution in [0, 0.1) is 5.92 Å². The average molecular weight is 290 g/mol. The Balaban J connectivity index is 1.89. The second kappa shape index (κ2) is 7.41. The average Bonchev–Trinajstić information content (AvgIpc) is 2.47. The molecule has 5 nitrogen and oxygen atoms in total. The lowest BCUT2D eigenvalue weighted by molar-refractivity contribution is -0.116. The number of pyridine rings is 1. The number of piperazine rings is 1. The van der Waals surface area contributed by atoms with Crippen LogP contribution in [0.5, 0.6) is 0 Å². The number of carbonyl (C=O) groups is 1. The van der Waals surface area contributed by atoms with Gasteiger partial charge in [-0.15, -0.1) is 0 Å². The molecule has 0 bridgehead atoms. The summed E-state index contributed by atoms with van der Waals surface area (Å²) in [7, 11) is 0. The third-order valence-electron chi connectivity index (χ3n) is 3.79. The standard InChI is InChI=1S/C16H26N4O/c1-4-19-7-9-20(10-8-19)14-5-6-15(17-12-14)18-16(21)11-13(2)3/h5-6,12-13H,4,7-11H2,1-3H3,(H,17,18,21). The van der Waals surface area contributed by atoms with E-state index in [1.165, 1.54) is 0 Å². The van der Waals surface area contributed by atoms with E-state index in [4.69, 9.17) is 0 Å². The summed E-state index contributed by atoms with van der Waals surface area (Å²) in [5.74, 6) is 1.03. The summed E-state index contributed by atoms with van der Waals surface area (Å²) in [5, 5.41) is 2.84. The fraction of sp³-hybridized carbons (Fsp3) is 0.625. The fourth-order valence-corrected chi connectivity index (χ4v) is 2.53. The number of nitrogens with one attached hydrogen (secondary N) is 1. The van der Waals surface area contributed by atoms with Crippen molar-refractivity contribution in [1.29, 1.82) is 0 Å². The van der Waals surface area contributed by atoms with E-state index in [2.05, 4.69) is 27.0 Å². The molecule has 1 aromatic heterocycles. The Morgan fingerprint density at radius 3 is 2.52 bits per heavy atom. The molecule has 1 aromatic rings. The fourth-order valence-electron chi connectivity index (χ4n) is 2.53. The van der Waals surface area contributed by atoms with Crippen molar-refractivity contribution >= 4 is 17.4 Å². The normalized spacial score (nSPS) is 16.3. The van der Waals surface area contributed by atoms with Gasteiger partial charge in [-0.2, -0.15) is 0 Å². The third kappa shape index (κ3) is 4.70. The minimum atomic E-state index is 0.0295. The summed E-state index contributed by atoms with van der Waals surface area (Å²) in [6.45, 7) is 11.7. The largest absolute Gasteiger partial charge is 0.368 e. The van der Waals surface area contributed by atoms with Gasteiger partial charge in [0.15, 0.2) is 0 Å². The molecule has 0 aliphatic carbocycles. The van der Waals surface area contributed by atoms with Crippen LogP contribution in [0.2, 0.25) is 0 Å². The molecule has 1 fully saturated rings. The molecule has 1 saturated heterocycles. The lowest BCUT2D eigenvalue weighted by Gasteiger charge is -2.35. The van der Waals surface area contributed by atoms with E-state index in [0.29, 0.717) is 18.2 Å². The summed E-state index contributed by atoms with van der Waals surface area (Å²) in [4.78, 5) is 20.9. The second-order valence-corrected chi connectivity index (χ2v) is 5.97. The van der Waals surface area contributed by atoms with Crippen molar-refractivity contribution in [2.75, 3.05) is 42.9 Å². The van der Waals surface area contributed by atoms with Crippen LogP contribution in [0.4, 0.5) is 11.5 Å². The number of likely N-dealkylation sites (N-methyl/N-ethyl adjacent to an activating group) is 1. The van der Waals surface area contributed by atoms with Crippen molar-refractivity contribution < 1.29 is 4.79 Å². The van der Waals surface area contributed by atoms with Gasteiger partial charge < -0.3 is 15.1 Å². The second-order valence-electron chi connectivity index (χ2n) is 5.97. The smallest absolute Gasteiger partial charge is 0.225 e. The number of aromatic nitrogens is 1. The lowest BCUT2D eigenvalue weighted by Crippen LogP contribution is -2.46. The third-order valence-corrected chi connectivity index (χ3v) is 3.79. The Morgan fingerprint density at radius 1 is 1.29 bits per heavy atom. The summed E-state index contributed by atoms with van der Waals surface area (Å²) < 4.78 is 0. The molecule has 21 heavy (non-hydrogen) atoms. The van der Waals surface area contributed by atoms with Crippen LogP contribution in [-0.4, -0.2) is 48.5 Å². The first-order chi connectivity index (χ1) is 10.1. The molecule has 1 amide bonds. The molecule has 0 radical (unpaired) electrons. The van der Waals surface area contributed by atoms with Crippen LogP contribution in [-0.2, 0) is 4.79 Å². The molecular weight excluding hydrogens is 264 g/mol. The minimum absolute atomic E-state index is 0.0295. The van der Waals surface area contributed by atoms with Crippen LogP contribution in [0.15, 0.2) is 18.3 Å². The van der Waals surface area contributed by atoms with Crippen molar-refractivity contribution in [2.24, 2.45) is 5.92 Å². The number of nitrogens with zero attached hydrogens (tertiary/aromatic N) is 3. The van der Waals surface area contributed by atoms with Crippen molar-refractivity contribution in [2.45, 2.75) is 27.2 Å². The van der Waals surface area contributed by atoms with Crippen molar-refractivity contribution in [3.63, 3.8) is 0 Å². The van der Waals surface area contributed by atoms with Gasteiger partial charge in [0.2, 0.25) is 5.91 Å². The Kier molecular flexibility index (Phi) is 5.56. The first kappa shape index (κ1) is 15.8. The van der Waals surface area contributed by atoms with Gasteiger partial charge in [-0.25, -0.2) is 4.98 Å². The van der Waals surface area contributed by atoms with Gasteiger partial charge in [-0.1, -0.05) is 20.8 Å². The zero-order valence-corrected chi connectivity index (χ0v) is 13.3. The van der Waals surface area contributed by atoms with E-state index in [-0.39, 0.29) is 5.91 Å². The Hall–Kier alpha value is -1.62. The zero-order valence-electron chi connectivity index (χ0n) is 13.3. The molecular formula is C16H26N4O. The summed E-state index contributed by atoms with van der Waals surface area (Å²) in [6.07, 6.45) is 2.38. The van der Waals surface area contributed by atoms with Gasteiger partial charge in [0, 0.05) is 32.6 Å². The molecule has 0 saturated carbocycles. The SMILES string of the molecule is CCN1CCN(c2ccc(NC(=O)CC(C)C)nc2)CC1. The maximum absolute atomic E-state index is 11.7. The van der Waals surface area contributed by atoms with Crippen LogP contribution in [0.3, 0.4) is 0 Å². The Bertz CT molecular complexity index is 450. The van der Waals surface area contributed by atoms with Gasteiger partial charge in [-0.05, 0) is 24.6 Å². The molecule has 0 spiro atoms. The number of hydrogen-bond donors (Lipinski definition) is 1. The van der Waals surface area contributed by atoms with Crippen molar-refractivity contribution in [3.05, 3.63) is 18.3 Å². The molecule has 0 atom stereocenters. The van der Waals surface area contributed by atoms with Crippen molar-refractivity contribution in [3.8, 4) is 0 Å². The molecule has 0 unspecified atom stereocenters. The van der Waals surface area contributed by atoms with Gasteiger partial charge in [0.1, 0.15) is 5.82 Å². The van der Waals surface area contributed by atoms with Gasteiger partial charge in [-0.3, -0.25) is 4.79 Å². The van der Waals surface area contributed by atoms with Crippen LogP contribution in [0.1, 0.15) is 27.2 Å².